The smallest absolute Gasteiger partial charge is 0.240 e. The Morgan fingerprint density at radius 3 is 2.35 bits per heavy atom. The Hall–Kier alpha value is -4.37. The lowest BCUT2D eigenvalue weighted by molar-refractivity contribution is -0.123. The molecule has 200 valence electrons. The maximum Gasteiger partial charge on any atom is 0.240 e. The monoisotopic (exact) mass is 600 g/mol. The summed E-state index contributed by atoms with van der Waals surface area (Å²) in [4.78, 5) is 57.6. The quantitative estimate of drug-likeness (QED) is 0.293. The SMILES string of the molecule is COc1ccc(C(=O)[C@@H]2[C@@H]3C(=O)N(c4cccc(F)c4)C(=O)[C@H]3[C@H]3C=C(C(=O)c4ccccc4)C=CN32)cc1Br. The number of ether oxygens (including phenoxy) is 1. The summed E-state index contributed by atoms with van der Waals surface area (Å²) in [6.07, 6.45) is 4.88. The average molecular weight is 601 g/mol. The molecule has 2 saturated heterocycles. The third kappa shape index (κ3) is 4.08. The molecule has 3 heterocycles. The van der Waals surface area contributed by atoms with E-state index in [0.717, 1.165) is 11.0 Å². The van der Waals surface area contributed by atoms with Crippen LogP contribution >= 0.6 is 15.9 Å². The van der Waals surface area contributed by atoms with E-state index in [-0.39, 0.29) is 17.3 Å². The van der Waals surface area contributed by atoms with Crippen LogP contribution in [0.25, 0.3) is 0 Å². The number of Topliss-reactive ketones (excluding diaryl/α,β-unsaturated/α-hetero) is 2. The molecule has 40 heavy (non-hydrogen) atoms. The van der Waals surface area contributed by atoms with Crippen LogP contribution in [0.5, 0.6) is 5.75 Å². The number of hydrogen-bond donors (Lipinski definition) is 0. The molecule has 4 atom stereocenters. The molecule has 6 rings (SSSR count). The summed E-state index contributed by atoms with van der Waals surface area (Å²) in [7, 11) is 1.51. The number of hydrogen-bond acceptors (Lipinski definition) is 6. The largest absolute Gasteiger partial charge is 0.496 e. The van der Waals surface area contributed by atoms with Gasteiger partial charge in [-0.15, -0.1) is 0 Å². The van der Waals surface area contributed by atoms with Gasteiger partial charge >= 0.3 is 0 Å². The van der Waals surface area contributed by atoms with E-state index < -0.39 is 41.6 Å². The summed E-state index contributed by atoms with van der Waals surface area (Å²) < 4.78 is 19.9. The second-order valence-corrected chi connectivity index (χ2v) is 10.6. The minimum absolute atomic E-state index is 0.102. The van der Waals surface area contributed by atoms with Gasteiger partial charge in [0, 0.05) is 22.9 Å². The first-order valence-electron chi connectivity index (χ1n) is 12.6. The Kier molecular flexibility index (Phi) is 6.46. The Morgan fingerprint density at radius 1 is 0.900 bits per heavy atom. The van der Waals surface area contributed by atoms with Gasteiger partial charge in [0.1, 0.15) is 17.6 Å². The van der Waals surface area contributed by atoms with Crippen LogP contribution in [0.1, 0.15) is 20.7 Å². The van der Waals surface area contributed by atoms with Crippen molar-refractivity contribution in [3.63, 3.8) is 0 Å². The maximum atomic E-state index is 14.1. The van der Waals surface area contributed by atoms with Gasteiger partial charge in [-0.05, 0) is 58.4 Å². The third-order valence-corrected chi connectivity index (χ3v) is 8.24. The molecule has 0 aliphatic carbocycles. The molecule has 3 aliphatic rings. The molecular weight excluding hydrogens is 579 g/mol. The topological polar surface area (TPSA) is 84.0 Å². The molecular formula is C31H22BrFN2O5. The zero-order chi connectivity index (χ0) is 28.1. The van der Waals surface area contributed by atoms with Gasteiger partial charge in [0.2, 0.25) is 11.8 Å². The number of carbonyl (C=O) groups is 4. The van der Waals surface area contributed by atoms with Crippen molar-refractivity contribution >= 4 is 45.0 Å². The Morgan fingerprint density at radius 2 is 1.65 bits per heavy atom. The number of imide groups is 1. The van der Waals surface area contributed by atoms with E-state index in [1.54, 1.807) is 65.7 Å². The third-order valence-electron chi connectivity index (χ3n) is 7.62. The molecule has 0 spiro atoms. The Labute approximate surface area is 237 Å². The highest BCUT2D eigenvalue weighted by Crippen LogP contribution is 2.47. The van der Waals surface area contributed by atoms with Gasteiger partial charge < -0.3 is 9.64 Å². The van der Waals surface area contributed by atoms with Crippen molar-refractivity contribution in [2.45, 2.75) is 12.1 Å². The molecule has 3 aliphatic heterocycles. The summed E-state index contributed by atoms with van der Waals surface area (Å²) in [6.45, 7) is 0. The normalized spacial score (nSPS) is 23.1. The lowest BCUT2D eigenvalue weighted by Gasteiger charge is -2.33. The van der Waals surface area contributed by atoms with Gasteiger partial charge in [0.05, 0.1) is 35.1 Å². The van der Waals surface area contributed by atoms with Gasteiger partial charge in [0.25, 0.3) is 0 Å². The number of allylic oxidation sites excluding steroid dienone is 2. The number of halogens is 2. The van der Waals surface area contributed by atoms with E-state index in [0.29, 0.717) is 26.9 Å². The van der Waals surface area contributed by atoms with Crippen LogP contribution in [0, 0.1) is 17.7 Å². The number of rotatable bonds is 6. The van der Waals surface area contributed by atoms with Crippen LogP contribution in [-0.2, 0) is 9.59 Å². The van der Waals surface area contributed by atoms with E-state index in [1.165, 1.54) is 25.3 Å². The number of benzene rings is 3. The van der Waals surface area contributed by atoms with Crippen LogP contribution in [0.15, 0.2) is 101 Å². The van der Waals surface area contributed by atoms with Gasteiger partial charge in [0.15, 0.2) is 11.6 Å². The van der Waals surface area contributed by atoms with E-state index in [4.69, 9.17) is 4.74 Å². The standard InChI is InChI=1S/C31H22BrFN2O5/c1-40-24-11-10-18(14-22(24)32)29(37)27-26-25(30(38)35(31(26)39)21-9-5-8-20(33)16-21)23-15-19(12-13-34(23)27)28(36)17-6-3-2-4-7-17/h2-16,23,25-27H,1H3/t23-,25+,26-,27+/m1/s1. The van der Waals surface area contributed by atoms with E-state index in [9.17, 15) is 23.6 Å². The fraction of sp³-hybridized carbons (Fsp3) is 0.161. The molecule has 3 aromatic carbocycles. The zero-order valence-corrected chi connectivity index (χ0v) is 22.7. The molecule has 0 N–H and O–H groups in total. The second-order valence-electron chi connectivity index (χ2n) is 9.77. The van der Waals surface area contributed by atoms with Crippen molar-refractivity contribution in [2.75, 3.05) is 12.0 Å². The van der Waals surface area contributed by atoms with Crippen LogP contribution < -0.4 is 9.64 Å². The average Bonchev–Trinajstić information content (AvgIpc) is 3.44. The minimum Gasteiger partial charge on any atom is -0.496 e. The van der Waals surface area contributed by atoms with Crippen molar-refractivity contribution < 1.29 is 28.3 Å². The Bertz CT molecular complexity index is 1640. The van der Waals surface area contributed by atoms with Crippen LogP contribution in [0.4, 0.5) is 10.1 Å². The second kappa shape index (κ2) is 9.98. The number of amides is 2. The maximum absolute atomic E-state index is 14.1. The lowest BCUT2D eigenvalue weighted by atomic mass is 9.85. The number of anilines is 1. The van der Waals surface area contributed by atoms with Crippen LogP contribution in [0.3, 0.4) is 0 Å². The van der Waals surface area contributed by atoms with Crippen molar-refractivity contribution in [3.8, 4) is 5.75 Å². The first-order chi connectivity index (χ1) is 19.3. The van der Waals surface area contributed by atoms with E-state index in [1.807, 2.05) is 6.07 Å². The van der Waals surface area contributed by atoms with Gasteiger partial charge in [-0.1, -0.05) is 42.5 Å². The van der Waals surface area contributed by atoms with Crippen LogP contribution in [0.2, 0.25) is 0 Å². The first kappa shape index (κ1) is 25.9. The van der Waals surface area contributed by atoms with Crippen molar-refractivity contribution in [1.29, 1.82) is 0 Å². The number of nitrogens with zero attached hydrogens (tertiary/aromatic N) is 2. The Balaban J connectivity index is 1.44. The fourth-order valence-electron chi connectivity index (χ4n) is 5.81. The number of fused-ring (bicyclic) bond motifs is 3. The minimum atomic E-state index is -1.04. The lowest BCUT2D eigenvalue weighted by Crippen LogP contribution is -2.46. The van der Waals surface area contributed by atoms with Gasteiger partial charge in [-0.2, -0.15) is 0 Å². The van der Waals surface area contributed by atoms with Crippen LogP contribution in [-0.4, -0.2) is 47.5 Å². The molecule has 2 fully saturated rings. The summed E-state index contributed by atoms with van der Waals surface area (Å²) in [6, 6.07) is 17.1. The summed E-state index contributed by atoms with van der Waals surface area (Å²) >= 11 is 3.41. The number of carbonyl (C=O) groups excluding carboxylic acids is 4. The molecule has 3 aromatic rings. The molecule has 7 nitrogen and oxygen atoms in total. The summed E-state index contributed by atoms with van der Waals surface area (Å²) in [5.41, 5.74) is 1.26. The van der Waals surface area contributed by atoms with Crippen molar-refractivity contribution in [3.05, 3.63) is 118 Å². The highest BCUT2D eigenvalue weighted by atomic mass is 79.9. The number of methoxy groups -OCH3 is 1. The fourth-order valence-corrected chi connectivity index (χ4v) is 6.35. The highest BCUT2D eigenvalue weighted by Gasteiger charge is 2.63. The van der Waals surface area contributed by atoms with Gasteiger partial charge in [-0.3, -0.25) is 19.2 Å². The zero-order valence-electron chi connectivity index (χ0n) is 21.2. The molecule has 0 bridgehead atoms. The molecule has 9 heteroatoms. The molecule has 0 unspecified atom stereocenters. The summed E-state index contributed by atoms with van der Waals surface area (Å²) in [5, 5.41) is 0. The first-order valence-corrected chi connectivity index (χ1v) is 13.4. The molecule has 2 amide bonds. The van der Waals surface area contributed by atoms with Crippen molar-refractivity contribution in [2.24, 2.45) is 11.8 Å². The molecule has 0 radical (unpaired) electrons. The highest BCUT2D eigenvalue weighted by molar-refractivity contribution is 9.10. The predicted octanol–water partition coefficient (Wildman–Crippen LogP) is 4.97. The van der Waals surface area contributed by atoms with Gasteiger partial charge in [-0.25, -0.2) is 9.29 Å². The predicted molar refractivity (Wildman–Crippen MR) is 148 cm³/mol. The summed E-state index contributed by atoms with van der Waals surface area (Å²) in [5.74, 6) is -3.77. The van der Waals surface area contributed by atoms with E-state index in [2.05, 4.69) is 15.9 Å². The van der Waals surface area contributed by atoms with Crippen molar-refractivity contribution in [1.82, 2.24) is 4.90 Å². The molecule has 0 saturated carbocycles. The number of ketones is 2. The molecule has 0 aromatic heterocycles. The van der Waals surface area contributed by atoms with E-state index >= 15 is 0 Å².